The van der Waals surface area contributed by atoms with Crippen molar-refractivity contribution in [2.45, 2.75) is 25.8 Å². The van der Waals surface area contributed by atoms with Crippen LogP contribution >= 0.6 is 22.9 Å². The molecule has 2 amide bonds. The molecule has 0 radical (unpaired) electrons. The number of halogens is 1. The number of aromatic nitrogens is 1. The van der Waals surface area contributed by atoms with Crippen LogP contribution in [0.3, 0.4) is 0 Å². The number of carbonyl (C=O) groups excluding carboxylic acids is 2. The van der Waals surface area contributed by atoms with Crippen LogP contribution in [0, 0.1) is 18.3 Å². The van der Waals surface area contributed by atoms with Gasteiger partial charge in [0.15, 0.2) is 0 Å². The first-order valence-electron chi connectivity index (χ1n) is 8.89. The molecule has 0 spiro atoms. The summed E-state index contributed by atoms with van der Waals surface area (Å²) in [6, 6.07) is 6.90. The van der Waals surface area contributed by atoms with Crippen LogP contribution in [0.1, 0.15) is 33.8 Å². The predicted molar refractivity (Wildman–Crippen MR) is 109 cm³/mol. The fourth-order valence-corrected chi connectivity index (χ4v) is 4.02. The maximum atomic E-state index is 12.3. The minimum atomic E-state index is -0.136. The minimum absolute atomic E-state index is 0.0751. The predicted octanol–water partition coefficient (Wildman–Crippen LogP) is 2.81. The van der Waals surface area contributed by atoms with Gasteiger partial charge in [-0.05, 0) is 38.0 Å². The Morgan fingerprint density at radius 3 is 2.75 bits per heavy atom. The van der Waals surface area contributed by atoms with Crippen molar-refractivity contribution in [1.82, 2.24) is 15.2 Å². The number of likely N-dealkylation sites (tertiary alicyclic amines) is 1. The number of hydrogen-bond donors (Lipinski definition) is 2. The quantitative estimate of drug-likeness (QED) is 0.779. The van der Waals surface area contributed by atoms with Gasteiger partial charge in [-0.25, -0.2) is 4.98 Å². The number of hydrogen-bond acceptors (Lipinski definition) is 6. The summed E-state index contributed by atoms with van der Waals surface area (Å²) in [5.74, 6) is -0.211. The third-order valence-electron chi connectivity index (χ3n) is 4.62. The molecule has 0 aliphatic carbocycles. The van der Waals surface area contributed by atoms with Crippen LogP contribution in [0.2, 0.25) is 5.02 Å². The van der Waals surface area contributed by atoms with E-state index in [1.54, 1.807) is 23.7 Å². The Hall–Kier alpha value is -2.47. The Morgan fingerprint density at radius 2 is 2.14 bits per heavy atom. The minimum Gasteiger partial charge on any atom is -0.348 e. The van der Waals surface area contributed by atoms with Gasteiger partial charge in [-0.1, -0.05) is 11.6 Å². The van der Waals surface area contributed by atoms with E-state index in [9.17, 15) is 9.59 Å². The largest absolute Gasteiger partial charge is 0.348 e. The summed E-state index contributed by atoms with van der Waals surface area (Å²) in [7, 11) is 0. The zero-order valence-corrected chi connectivity index (χ0v) is 16.9. The molecule has 9 heteroatoms. The van der Waals surface area contributed by atoms with E-state index in [1.165, 1.54) is 11.3 Å². The topological polar surface area (TPSA) is 98.1 Å². The van der Waals surface area contributed by atoms with Gasteiger partial charge in [-0.2, -0.15) is 5.26 Å². The normalized spacial score (nSPS) is 15.0. The smallest absolute Gasteiger partial charge is 0.263 e. The van der Waals surface area contributed by atoms with E-state index in [0.29, 0.717) is 21.2 Å². The van der Waals surface area contributed by atoms with Gasteiger partial charge in [0, 0.05) is 24.8 Å². The molecule has 3 rings (SSSR count). The molecule has 0 atom stereocenters. The lowest BCUT2D eigenvalue weighted by Crippen LogP contribution is -2.46. The molecule has 146 valence electrons. The van der Waals surface area contributed by atoms with Gasteiger partial charge in [-0.15, -0.1) is 11.3 Å². The number of nitriles is 1. The summed E-state index contributed by atoms with van der Waals surface area (Å²) in [6.45, 7) is 3.56. The van der Waals surface area contributed by atoms with Gasteiger partial charge < -0.3 is 10.6 Å². The van der Waals surface area contributed by atoms with Crippen molar-refractivity contribution in [3.05, 3.63) is 44.9 Å². The first-order valence-corrected chi connectivity index (χ1v) is 10.1. The Bertz CT molecular complexity index is 915. The summed E-state index contributed by atoms with van der Waals surface area (Å²) >= 11 is 7.33. The van der Waals surface area contributed by atoms with Crippen molar-refractivity contribution in [1.29, 1.82) is 5.26 Å². The lowest BCUT2D eigenvalue weighted by atomic mass is 10.0. The fourth-order valence-electron chi connectivity index (χ4n) is 3.09. The highest BCUT2D eigenvalue weighted by Crippen LogP contribution is 2.20. The summed E-state index contributed by atoms with van der Waals surface area (Å²) in [4.78, 5) is 31.4. The molecule has 1 aromatic carbocycles. The molecule has 2 heterocycles. The number of rotatable bonds is 5. The number of thiazole rings is 1. The van der Waals surface area contributed by atoms with Crippen molar-refractivity contribution in [2.24, 2.45) is 0 Å². The van der Waals surface area contributed by atoms with E-state index in [0.717, 1.165) is 31.6 Å². The molecule has 1 aliphatic rings. The maximum Gasteiger partial charge on any atom is 0.263 e. The van der Waals surface area contributed by atoms with Gasteiger partial charge in [0.25, 0.3) is 5.91 Å². The van der Waals surface area contributed by atoms with Crippen molar-refractivity contribution >= 4 is 40.4 Å². The number of nitrogens with zero attached hydrogens (tertiary/aromatic N) is 3. The molecule has 7 nitrogen and oxygen atoms in total. The Morgan fingerprint density at radius 1 is 1.39 bits per heavy atom. The van der Waals surface area contributed by atoms with Gasteiger partial charge >= 0.3 is 0 Å². The zero-order valence-electron chi connectivity index (χ0n) is 15.4. The van der Waals surface area contributed by atoms with Crippen LogP contribution in [0.25, 0.3) is 0 Å². The zero-order chi connectivity index (χ0) is 20.1. The molecular weight excluding hydrogens is 398 g/mol. The molecule has 1 aromatic heterocycles. The van der Waals surface area contributed by atoms with Crippen molar-refractivity contribution in [2.75, 3.05) is 25.0 Å². The average Bonchev–Trinajstić information content (AvgIpc) is 3.09. The highest BCUT2D eigenvalue weighted by atomic mass is 35.5. The second-order valence-corrected chi connectivity index (χ2v) is 7.91. The van der Waals surface area contributed by atoms with E-state index in [2.05, 4.69) is 20.5 Å². The number of nitrogens with one attached hydrogen (secondary N) is 2. The molecule has 2 aromatic rings. The molecule has 28 heavy (non-hydrogen) atoms. The number of amides is 2. The maximum absolute atomic E-state index is 12.3. The van der Waals surface area contributed by atoms with Crippen molar-refractivity contribution in [3.8, 4) is 6.07 Å². The lowest BCUT2D eigenvalue weighted by Gasteiger charge is -2.31. The van der Waals surface area contributed by atoms with Crippen molar-refractivity contribution in [3.63, 3.8) is 0 Å². The van der Waals surface area contributed by atoms with Crippen LogP contribution in [0.5, 0.6) is 0 Å². The lowest BCUT2D eigenvalue weighted by molar-refractivity contribution is -0.117. The van der Waals surface area contributed by atoms with E-state index in [-0.39, 0.29) is 24.4 Å². The van der Waals surface area contributed by atoms with E-state index >= 15 is 0 Å². The Kier molecular flexibility index (Phi) is 6.62. The van der Waals surface area contributed by atoms with Gasteiger partial charge in [-0.3, -0.25) is 14.5 Å². The SMILES string of the molecule is Cc1ncsc1C(=O)NC1CCN(CC(=O)Nc2ccc(C#N)c(Cl)c2)CC1. The summed E-state index contributed by atoms with van der Waals surface area (Å²) in [6.07, 6.45) is 1.58. The van der Waals surface area contributed by atoms with E-state index < -0.39 is 0 Å². The van der Waals surface area contributed by atoms with Crippen LogP contribution in [-0.2, 0) is 4.79 Å². The van der Waals surface area contributed by atoms with E-state index in [4.69, 9.17) is 16.9 Å². The molecule has 1 saturated heterocycles. The molecule has 2 N–H and O–H groups in total. The third kappa shape index (κ3) is 5.07. The van der Waals surface area contributed by atoms with Gasteiger partial charge in [0.2, 0.25) is 5.91 Å². The molecule has 0 bridgehead atoms. The summed E-state index contributed by atoms with van der Waals surface area (Å²) < 4.78 is 0. The summed E-state index contributed by atoms with van der Waals surface area (Å²) in [5, 5.41) is 15.1. The molecule has 1 aliphatic heterocycles. The highest BCUT2D eigenvalue weighted by Gasteiger charge is 2.23. The molecule has 0 unspecified atom stereocenters. The van der Waals surface area contributed by atoms with E-state index in [1.807, 2.05) is 13.0 Å². The first kappa shape index (κ1) is 20.3. The van der Waals surface area contributed by atoms with Crippen LogP contribution in [-0.4, -0.2) is 47.4 Å². The standard InChI is InChI=1S/C19H20ClN5O2S/c1-12-18(28-11-22-12)19(27)24-14-4-6-25(7-5-14)10-17(26)23-15-3-2-13(9-21)16(20)8-15/h2-3,8,11,14H,4-7,10H2,1H3,(H,23,26)(H,24,27). The second kappa shape index (κ2) is 9.15. The third-order valence-corrected chi connectivity index (χ3v) is 5.86. The Balaban J connectivity index is 1.44. The number of carbonyl (C=O) groups is 2. The van der Waals surface area contributed by atoms with Gasteiger partial charge in [0.05, 0.1) is 28.3 Å². The average molecular weight is 418 g/mol. The number of piperidine rings is 1. The molecule has 1 fully saturated rings. The fraction of sp³-hybridized carbons (Fsp3) is 0.368. The first-order chi connectivity index (χ1) is 13.5. The number of anilines is 1. The highest BCUT2D eigenvalue weighted by molar-refractivity contribution is 7.11. The number of benzene rings is 1. The van der Waals surface area contributed by atoms with Gasteiger partial charge in [0.1, 0.15) is 10.9 Å². The van der Waals surface area contributed by atoms with Crippen LogP contribution in [0.15, 0.2) is 23.7 Å². The number of aryl methyl sites for hydroxylation is 1. The molecule has 0 saturated carbocycles. The van der Waals surface area contributed by atoms with Crippen LogP contribution < -0.4 is 10.6 Å². The summed E-state index contributed by atoms with van der Waals surface area (Å²) in [5.41, 5.74) is 3.36. The van der Waals surface area contributed by atoms with Crippen molar-refractivity contribution < 1.29 is 9.59 Å². The molecular formula is C19H20ClN5O2S. The van der Waals surface area contributed by atoms with Crippen LogP contribution in [0.4, 0.5) is 5.69 Å². The second-order valence-electron chi connectivity index (χ2n) is 6.65. The monoisotopic (exact) mass is 417 g/mol. The Labute approximate surface area is 172 Å².